The fourth-order valence-electron chi connectivity index (χ4n) is 2.75. The van der Waals surface area contributed by atoms with E-state index in [-0.39, 0.29) is 18.2 Å². The van der Waals surface area contributed by atoms with Crippen molar-refractivity contribution in [3.8, 4) is 16.3 Å². The summed E-state index contributed by atoms with van der Waals surface area (Å²) in [6.07, 6.45) is -1.37. The van der Waals surface area contributed by atoms with E-state index >= 15 is 0 Å². The zero-order chi connectivity index (χ0) is 21.0. The van der Waals surface area contributed by atoms with Crippen molar-refractivity contribution in [3.05, 3.63) is 77.8 Å². The highest BCUT2D eigenvalue weighted by atomic mass is 32.1. The summed E-state index contributed by atoms with van der Waals surface area (Å²) in [5.74, 6) is -0.199. The first-order valence-corrected chi connectivity index (χ1v) is 9.45. The molecule has 3 rings (SSSR count). The number of anilines is 1. The molecule has 2 aromatic heterocycles. The third-order valence-electron chi connectivity index (χ3n) is 4.23. The molecule has 4 nitrogen and oxygen atoms in total. The molecule has 0 unspecified atom stereocenters. The van der Waals surface area contributed by atoms with Crippen LogP contribution in [0.1, 0.15) is 10.4 Å². The van der Waals surface area contributed by atoms with Crippen LogP contribution in [0.5, 0.6) is 5.75 Å². The zero-order valence-electron chi connectivity index (χ0n) is 15.2. The van der Waals surface area contributed by atoms with Crippen molar-refractivity contribution in [1.82, 2.24) is 4.98 Å². The van der Waals surface area contributed by atoms with Crippen LogP contribution >= 0.6 is 11.3 Å². The number of alkyl halides is 3. The summed E-state index contributed by atoms with van der Waals surface area (Å²) in [6, 6.07) is 12.4. The first-order valence-electron chi connectivity index (χ1n) is 8.64. The molecule has 1 amide bonds. The zero-order valence-corrected chi connectivity index (χ0v) is 16.0. The molecular formula is C21H17F3N2O2S. The van der Waals surface area contributed by atoms with Gasteiger partial charge in [0.05, 0.1) is 22.5 Å². The third-order valence-corrected chi connectivity index (χ3v) is 5.39. The van der Waals surface area contributed by atoms with Crippen LogP contribution in [0, 0.1) is 0 Å². The van der Waals surface area contributed by atoms with Gasteiger partial charge in [0.25, 0.3) is 0 Å². The lowest BCUT2D eigenvalue weighted by Crippen LogP contribution is -2.31. The van der Waals surface area contributed by atoms with Crippen LogP contribution in [-0.2, 0) is 17.4 Å². The monoisotopic (exact) mass is 418 g/mol. The number of aromatic nitrogens is 1. The van der Waals surface area contributed by atoms with Crippen molar-refractivity contribution in [3.63, 3.8) is 0 Å². The number of carbonyl (C=O) groups is 1. The normalized spacial score (nSPS) is 11.3. The molecule has 0 bridgehead atoms. The van der Waals surface area contributed by atoms with Crippen molar-refractivity contribution in [2.45, 2.75) is 12.6 Å². The fraction of sp³-hybridized carbons (Fsp3) is 0.143. The number of rotatable bonds is 6. The molecule has 0 aliphatic rings. The topological polar surface area (TPSA) is 53.4 Å². The van der Waals surface area contributed by atoms with Crippen molar-refractivity contribution in [2.24, 2.45) is 0 Å². The minimum Gasteiger partial charge on any atom is -0.508 e. The number of aromatic hydroxyl groups is 1. The Morgan fingerprint density at radius 2 is 1.93 bits per heavy atom. The summed E-state index contributed by atoms with van der Waals surface area (Å²) in [7, 11) is 0. The molecule has 29 heavy (non-hydrogen) atoms. The molecular weight excluding hydrogens is 401 g/mol. The summed E-state index contributed by atoms with van der Waals surface area (Å²) < 4.78 is 38.4. The van der Waals surface area contributed by atoms with E-state index in [1.54, 1.807) is 36.4 Å². The van der Waals surface area contributed by atoms with Gasteiger partial charge >= 0.3 is 6.18 Å². The minimum atomic E-state index is -4.39. The molecule has 0 aliphatic carbocycles. The molecule has 0 saturated carbocycles. The molecule has 0 spiro atoms. The van der Waals surface area contributed by atoms with Gasteiger partial charge in [0.1, 0.15) is 10.6 Å². The minimum absolute atomic E-state index is 0.144. The Kier molecular flexibility index (Phi) is 6.03. The maximum absolute atomic E-state index is 12.8. The highest BCUT2D eigenvalue weighted by molar-refractivity contribution is 7.15. The molecule has 2 heterocycles. The molecule has 0 fully saturated rings. The summed E-state index contributed by atoms with van der Waals surface area (Å²) in [6.45, 7) is 3.78. The lowest BCUT2D eigenvalue weighted by molar-refractivity contribution is -0.134. The van der Waals surface area contributed by atoms with Gasteiger partial charge in [-0.25, -0.2) is 0 Å². The molecule has 150 valence electrons. The lowest BCUT2D eigenvalue weighted by Gasteiger charge is -2.21. The number of hydrogen-bond acceptors (Lipinski definition) is 4. The second-order valence-electron chi connectivity index (χ2n) is 6.14. The van der Waals surface area contributed by atoms with E-state index in [0.717, 1.165) is 6.07 Å². The summed E-state index contributed by atoms with van der Waals surface area (Å²) in [4.78, 5) is 17.7. The van der Waals surface area contributed by atoms with Crippen LogP contribution in [0.4, 0.5) is 18.9 Å². The van der Waals surface area contributed by atoms with E-state index in [1.807, 2.05) is 0 Å². The van der Waals surface area contributed by atoms with E-state index in [9.17, 15) is 23.1 Å². The maximum atomic E-state index is 12.8. The maximum Gasteiger partial charge on any atom is 0.425 e. The summed E-state index contributed by atoms with van der Waals surface area (Å²) in [5.41, 5.74) is 1.57. The Balaban J connectivity index is 1.80. The number of pyridine rings is 1. The molecule has 0 aliphatic heterocycles. The number of thiophene rings is 1. The van der Waals surface area contributed by atoms with E-state index < -0.39 is 11.1 Å². The number of halogens is 3. The first-order chi connectivity index (χ1) is 13.8. The standard InChI is InChI=1S/C21H17F3N2O2S/c1-2-20(28)26(12-11-14-5-3-4-6-17(14)27)15-7-8-16(25-13-15)18-9-10-19(29-18)21(22,23)24/h2-10,13,27H,1,11-12H2. The predicted octanol–water partition coefficient (Wildman–Crippen LogP) is 5.30. The predicted molar refractivity (Wildman–Crippen MR) is 107 cm³/mol. The van der Waals surface area contributed by atoms with Crippen molar-refractivity contribution in [1.29, 1.82) is 0 Å². The number of para-hydroxylation sites is 1. The molecule has 0 atom stereocenters. The van der Waals surface area contributed by atoms with Gasteiger partial charge < -0.3 is 10.0 Å². The Bertz CT molecular complexity index is 1010. The Hall–Kier alpha value is -3.13. The van der Waals surface area contributed by atoms with Gasteiger partial charge in [-0.15, -0.1) is 11.3 Å². The number of benzene rings is 1. The smallest absolute Gasteiger partial charge is 0.425 e. The van der Waals surface area contributed by atoms with Crippen molar-refractivity contribution >= 4 is 22.9 Å². The molecule has 1 aromatic carbocycles. The van der Waals surface area contributed by atoms with Crippen LogP contribution in [0.2, 0.25) is 0 Å². The molecule has 0 radical (unpaired) electrons. The highest BCUT2D eigenvalue weighted by Crippen LogP contribution is 2.38. The molecule has 1 N–H and O–H groups in total. The largest absolute Gasteiger partial charge is 0.508 e. The average Bonchev–Trinajstić information content (AvgIpc) is 3.20. The van der Waals surface area contributed by atoms with Crippen LogP contribution < -0.4 is 4.90 Å². The third kappa shape index (κ3) is 4.83. The van der Waals surface area contributed by atoms with Crippen LogP contribution in [0.25, 0.3) is 10.6 Å². The molecule has 8 heteroatoms. The van der Waals surface area contributed by atoms with E-state index in [4.69, 9.17) is 0 Å². The van der Waals surface area contributed by atoms with Gasteiger partial charge in [0, 0.05) is 6.54 Å². The average molecular weight is 418 g/mol. The number of nitrogens with zero attached hydrogens (tertiary/aromatic N) is 2. The van der Waals surface area contributed by atoms with E-state index in [2.05, 4.69) is 11.6 Å². The number of phenols is 1. The van der Waals surface area contributed by atoms with Gasteiger partial charge in [-0.2, -0.15) is 13.2 Å². The number of carbonyl (C=O) groups excluding carboxylic acids is 1. The van der Waals surface area contributed by atoms with E-state index in [1.165, 1.54) is 23.2 Å². The second-order valence-corrected chi connectivity index (χ2v) is 7.22. The Morgan fingerprint density at radius 1 is 1.17 bits per heavy atom. The van der Waals surface area contributed by atoms with Crippen LogP contribution in [-0.4, -0.2) is 22.5 Å². The van der Waals surface area contributed by atoms with Crippen molar-refractivity contribution < 1.29 is 23.1 Å². The van der Waals surface area contributed by atoms with Crippen LogP contribution in [0.3, 0.4) is 0 Å². The SMILES string of the molecule is C=CC(=O)N(CCc1ccccc1O)c1ccc(-c2ccc(C(F)(F)F)s2)nc1. The summed E-state index contributed by atoms with van der Waals surface area (Å²) in [5, 5.41) is 9.90. The number of amides is 1. The lowest BCUT2D eigenvalue weighted by atomic mass is 10.1. The van der Waals surface area contributed by atoms with Gasteiger partial charge in [0.15, 0.2) is 0 Å². The molecule has 0 saturated heterocycles. The second kappa shape index (κ2) is 8.48. The number of hydrogen-bond donors (Lipinski definition) is 1. The van der Waals surface area contributed by atoms with Gasteiger partial charge in [-0.3, -0.25) is 9.78 Å². The Morgan fingerprint density at radius 3 is 2.52 bits per heavy atom. The van der Waals surface area contributed by atoms with Crippen LogP contribution in [0.15, 0.2) is 67.4 Å². The van der Waals surface area contributed by atoms with Gasteiger partial charge in [-0.1, -0.05) is 24.8 Å². The molecule has 3 aromatic rings. The van der Waals surface area contributed by atoms with E-state index in [0.29, 0.717) is 39.6 Å². The first kappa shape index (κ1) is 20.6. The number of phenolic OH excluding ortho intramolecular Hbond substituents is 1. The van der Waals surface area contributed by atoms with Gasteiger partial charge in [0.2, 0.25) is 5.91 Å². The van der Waals surface area contributed by atoms with Gasteiger partial charge in [-0.05, 0) is 48.4 Å². The fourth-order valence-corrected chi connectivity index (χ4v) is 3.60. The Labute approximate surface area is 169 Å². The summed E-state index contributed by atoms with van der Waals surface area (Å²) >= 11 is 0.615. The van der Waals surface area contributed by atoms with Crippen molar-refractivity contribution in [2.75, 3.05) is 11.4 Å². The highest BCUT2D eigenvalue weighted by Gasteiger charge is 2.32. The quantitative estimate of drug-likeness (QED) is 0.553.